The van der Waals surface area contributed by atoms with Crippen molar-refractivity contribution in [1.82, 2.24) is 0 Å². The normalized spacial score (nSPS) is 12.0. The maximum atomic E-state index is 12.8. The molecule has 170 valence electrons. The predicted molar refractivity (Wildman–Crippen MR) is 120 cm³/mol. The minimum absolute atomic E-state index is 0.00642. The van der Waals surface area contributed by atoms with Crippen molar-refractivity contribution in [3.05, 3.63) is 79.2 Å². The van der Waals surface area contributed by atoms with Gasteiger partial charge in [-0.15, -0.1) is 0 Å². The molecule has 0 spiro atoms. The first kappa shape index (κ1) is 25.1. The molecule has 0 saturated heterocycles. The number of hydrogen-bond acceptors (Lipinski definition) is 3. The third-order valence-corrected chi connectivity index (χ3v) is 6.86. The summed E-state index contributed by atoms with van der Waals surface area (Å²) < 4.78 is 71.4. The molecule has 1 N–H and O–H groups in total. The van der Waals surface area contributed by atoms with Crippen LogP contribution in [0.1, 0.15) is 5.56 Å². The van der Waals surface area contributed by atoms with Crippen molar-refractivity contribution < 1.29 is 26.3 Å². The Kier molecular flexibility index (Phi) is 7.34. The van der Waals surface area contributed by atoms with E-state index in [1.165, 1.54) is 30.3 Å². The van der Waals surface area contributed by atoms with Crippen LogP contribution in [0.5, 0.6) is 11.5 Å². The highest BCUT2D eigenvalue weighted by Gasteiger charge is 2.32. The Labute approximate surface area is 205 Å². The molecule has 3 aromatic carbocycles. The Morgan fingerprint density at radius 2 is 1.41 bits per heavy atom. The predicted octanol–water partition coefficient (Wildman–Crippen LogP) is 8.57. The summed E-state index contributed by atoms with van der Waals surface area (Å²) in [5.74, 6) is 0.192. The monoisotopic (exact) mass is 563 g/mol. The first-order valence-electron chi connectivity index (χ1n) is 8.29. The van der Waals surface area contributed by atoms with E-state index in [4.69, 9.17) is 62.7 Å². The molecular weight excluding hydrogens is 557 g/mol. The highest BCUT2D eigenvalue weighted by atomic mass is 35.5. The molecular formula is C19H9Cl5F3NO3S. The van der Waals surface area contributed by atoms with Crippen LogP contribution >= 0.6 is 58.0 Å². The number of ether oxygens (including phenoxy) is 1. The first-order chi connectivity index (χ1) is 14.8. The van der Waals surface area contributed by atoms with Crippen LogP contribution in [0.4, 0.5) is 18.9 Å². The molecule has 0 atom stereocenters. The number of hydrogen-bond donors (Lipinski definition) is 1. The van der Waals surface area contributed by atoms with Crippen molar-refractivity contribution in [1.29, 1.82) is 0 Å². The zero-order chi connectivity index (χ0) is 23.8. The first-order valence-corrected chi connectivity index (χ1v) is 11.7. The molecule has 0 radical (unpaired) electrons. The van der Waals surface area contributed by atoms with E-state index in [-0.39, 0.29) is 32.3 Å². The topological polar surface area (TPSA) is 55.4 Å². The van der Waals surface area contributed by atoms with Crippen LogP contribution in [0.2, 0.25) is 25.1 Å². The van der Waals surface area contributed by atoms with E-state index in [1.54, 1.807) is 0 Å². The molecule has 0 fully saturated rings. The van der Waals surface area contributed by atoms with Gasteiger partial charge < -0.3 is 4.74 Å². The second-order valence-electron chi connectivity index (χ2n) is 6.19. The molecule has 4 nitrogen and oxygen atoms in total. The number of rotatable bonds is 5. The average Bonchev–Trinajstić information content (AvgIpc) is 2.64. The maximum absolute atomic E-state index is 12.8. The molecule has 0 heterocycles. The van der Waals surface area contributed by atoms with Crippen molar-refractivity contribution in [2.45, 2.75) is 11.1 Å². The molecule has 0 bridgehead atoms. The molecule has 0 unspecified atom stereocenters. The summed E-state index contributed by atoms with van der Waals surface area (Å²) >= 11 is 30.0. The van der Waals surface area contributed by atoms with Gasteiger partial charge in [0.1, 0.15) is 10.6 Å². The van der Waals surface area contributed by atoms with Crippen molar-refractivity contribution in [2.24, 2.45) is 0 Å². The van der Waals surface area contributed by atoms with E-state index in [9.17, 15) is 21.6 Å². The third kappa shape index (κ3) is 5.68. The lowest BCUT2D eigenvalue weighted by Gasteiger charge is -2.15. The van der Waals surface area contributed by atoms with E-state index in [0.29, 0.717) is 17.2 Å². The molecule has 0 aliphatic carbocycles. The summed E-state index contributed by atoms with van der Waals surface area (Å²) in [6.07, 6.45) is -4.68. The van der Waals surface area contributed by atoms with E-state index >= 15 is 0 Å². The van der Waals surface area contributed by atoms with Crippen LogP contribution in [0.3, 0.4) is 0 Å². The molecule has 0 saturated carbocycles. The van der Waals surface area contributed by atoms with Crippen LogP contribution in [-0.4, -0.2) is 8.42 Å². The van der Waals surface area contributed by atoms with Crippen molar-refractivity contribution in [2.75, 3.05) is 4.72 Å². The number of anilines is 1. The van der Waals surface area contributed by atoms with Gasteiger partial charge in [-0.25, -0.2) is 8.42 Å². The van der Waals surface area contributed by atoms with Crippen LogP contribution in [-0.2, 0) is 16.2 Å². The van der Waals surface area contributed by atoms with Crippen LogP contribution in [0, 0.1) is 0 Å². The highest BCUT2D eigenvalue weighted by molar-refractivity contribution is 7.92. The summed E-state index contributed by atoms with van der Waals surface area (Å²) in [6.45, 7) is 0. The zero-order valence-electron chi connectivity index (χ0n) is 15.3. The molecule has 13 heteroatoms. The minimum Gasteiger partial charge on any atom is -0.453 e. The number of halogens is 8. The van der Waals surface area contributed by atoms with Gasteiger partial charge in [0.2, 0.25) is 0 Å². The molecule has 0 amide bonds. The lowest BCUT2D eigenvalue weighted by molar-refractivity contribution is -0.137. The Bertz CT molecular complexity index is 1280. The summed E-state index contributed by atoms with van der Waals surface area (Å²) in [6, 6.07) is 8.72. The Morgan fingerprint density at radius 3 is 1.94 bits per heavy atom. The van der Waals surface area contributed by atoms with Crippen LogP contribution < -0.4 is 9.46 Å². The van der Waals surface area contributed by atoms with E-state index < -0.39 is 31.7 Å². The third-order valence-electron chi connectivity index (χ3n) is 3.91. The molecule has 3 rings (SSSR count). The number of nitrogens with one attached hydrogen (secondary N) is 1. The Balaban J connectivity index is 1.89. The number of sulfonamides is 1. The van der Waals surface area contributed by atoms with E-state index in [0.717, 1.165) is 6.07 Å². The van der Waals surface area contributed by atoms with Gasteiger partial charge >= 0.3 is 6.18 Å². The van der Waals surface area contributed by atoms with Gasteiger partial charge in [-0.1, -0.05) is 58.0 Å². The summed E-state index contributed by atoms with van der Waals surface area (Å²) in [4.78, 5) is -0.562. The van der Waals surface area contributed by atoms with Gasteiger partial charge in [0.05, 0.1) is 31.3 Å². The quantitative estimate of drug-likeness (QED) is 0.337. The SMILES string of the molecule is O=S(=O)(Nc1cc(Cl)c(Oc2ccc(Cl)cc2Cl)c(Cl)c1)c1ccc(C(F)(F)F)cc1Cl. The van der Waals surface area contributed by atoms with Gasteiger partial charge in [-0.3, -0.25) is 4.72 Å². The standard InChI is InChI=1S/C19H9Cl5F3NO3S/c20-10-2-3-16(12(21)6-10)31-18-14(23)7-11(8-15(18)24)28-32(29,30)17-4-1-9(5-13(17)22)19(25,26)27/h1-8,28H. The Morgan fingerprint density at radius 1 is 0.781 bits per heavy atom. The number of alkyl halides is 3. The van der Waals surface area contributed by atoms with Crippen LogP contribution in [0.25, 0.3) is 0 Å². The van der Waals surface area contributed by atoms with Crippen molar-refractivity contribution in [3.63, 3.8) is 0 Å². The van der Waals surface area contributed by atoms with Gasteiger partial charge in [0.25, 0.3) is 10.0 Å². The zero-order valence-corrected chi connectivity index (χ0v) is 19.9. The number of benzene rings is 3. The summed E-state index contributed by atoms with van der Waals surface area (Å²) in [5, 5.41) is -0.182. The van der Waals surface area contributed by atoms with Gasteiger partial charge in [-0.05, 0) is 48.5 Å². The largest absolute Gasteiger partial charge is 0.453 e. The lowest BCUT2D eigenvalue weighted by Crippen LogP contribution is -2.14. The van der Waals surface area contributed by atoms with E-state index in [2.05, 4.69) is 4.72 Å². The fourth-order valence-electron chi connectivity index (χ4n) is 2.49. The second kappa shape index (κ2) is 9.37. The summed E-state index contributed by atoms with van der Waals surface area (Å²) in [5.41, 5.74) is -1.17. The molecule has 0 aromatic heterocycles. The maximum Gasteiger partial charge on any atom is 0.416 e. The summed E-state index contributed by atoms with van der Waals surface area (Å²) in [7, 11) is -4.37. The molecule has 32 heavy (non-hydrogen) atoms. The van der Waals surface area contributed by atoms with E-state index in [1.807, 2.05) is 0 Å². The van der Waals surface area contributed by atoms with Crippen molar-refractivity contribution in [3.8, 4) is 11.5 Å². The van der Waals surface area contributed by atoms with Crippen molar-refractivity contribution >= 4 is 73.7 Å². The second-order valence-corrected chi connectivity index (χ2v) is 9.91. The molecule has 3 aromatic rings. The van der Waals surface area contributed by atoms with Crippen LogP contribution in [0.15, 0.2) is 53.4 Å². The minimum atomic E-state index is -4.68. The lowest BCUT2D eigenvalue weighted by atomic mass is 10.2. The fourth-order valence-corrected chi connectivity index (χ4v) is 5.09. The Hall–Kier alpha value is -1.55. The fraction of sp³-hybridized carbons (Fsp3) is 0.0526. The van der Waals surface area contributed by atoms with Gasteiger partial charge in [0, 0.05) is 5.02 Å². The highest BCUT2D eigenvalue weighted by Crippen LogP contribution is 2.42. The van der Waals surface area contributed by atoms with Gasteiger partial charge in [-0.2, -0.15) is 13.2 Å². The van der Waals surface area contributed by atoms with Gasteiger partial charge in [0.15, 0.2) is 5.75 Å². The molecule has 0 aliphatic heterocycles. The smallest absolute Gasteiger partial charge is 0.416 e. The average molecular weight is 566 g/mol. The molecule has 0 aliphatic rings.